The minimum Gasteiger partial charge on any atom is -0.367 e. The number of ether oxygens (including phenoxy) is 1. The molecule has 2 atom stereocenters. The van der Waals surface area contributed by atoms with Crippen molar-refractivity contribution in [3.8, 4) is 0 Å². The molecule has 2 aromatic carbocycles. The van der Waals surface area contributed by atoms with E-state index in [4.69, 9.17) is 15.5 Å². The van der Waals surface area contributed by atoms with E-state index in [1.807, 2.05) is 61.5 Å². The first kappa shape index (κ1) is 19.5. The fraction of sp³-hybridized carbons (Fsp3) is 0.318. The largest absolute Gasteiger partial charge is 0.367 e. The second-order valence-corrected chi connectivity index (χ2v) is 8.58. The van der Waals surface area contributed by atoms with Crippen LogP contribution in [-0.4, -0.2) is 47.5 Å². The Morgan fingerprint density at radius 2 is 1.93 bits per heavy atom. The number of benzene rings is 2. The fourth-order valence-electron chi connectivity index (χ4n) is 3.76. The van der Waals surface area contributed by atoms with Crippen LogP contribution in [0, 0.1) is 0 Å². The maximum absolute atomic E-state index is 13.7. The number of nitrogens with two attached hydrogens (primary N) is 1. The Balaban J connectivity index is 1.69. The number of aromatic nitrogens is 1. The molecule has 3 aromatic rings. The predicted molar refractivity (Wildman–Crippen MR) is 113 cm³/mol. The maximum Gasteiger partial charge on any atom is 0.248 e. The van der Waals surface area contributed by atoms with Crippen LogP contribution in [0.5, 0.6) is 0 Å². The van der Waals surface area contributed by atoms with Crippen molar-refractivity contribution < 1.29 is 14.3 Å². The Bertz CT molecular complexity index is 1000. The minimum absolute atomic E-state index is 0.0440. The summed E-state index contributed by atoms with van der Waals surface area (Å²) in [6, 6.07) is 17.7. The summed E-state index contributed by atoms with van der Waals surface area (Å²) < 4.78 is 6.52. The lowest BCUT2D eigenvalue weighted by Crippen LogP contribution is -2.55. The third-order valence-corrected chi connectivity index (χ3v) is 6.43. The van der Waals surface area contributed by atoms with Crippen molar-refractivity contribution in [3.63, 3.8) is 0 Å². The number of rotatable bonds is 5. The zero-order valence-electron chi connectivity index (χ0n) is 16.2. The van der Waals surface area contributed by atoms with Gasteiger partial charge in [0.05, 0.1) is 33.8 Å². The quantitative estimate of drug-likeness (QED) is 0.702. The van der Waals surface area contributed by atoms with Gasteiger partial charge in [-0.25, -0.2) is 4.98 Å². The summed E-state index contributed by atoms with van der Waals surface area (Å²) in [6.45, 7) is 2.86. The zero-order chi connectivity index (χ0) is 20.4. The molecular weight excluding hydrogens is 386 g/mol. The van der Waals surface area contributed by atoms with Crippen LogP contribution in [0.15, 0.2) is 54.6 Å². The summed E-state index contributed by atoms with van der Waals surface area (Å²) in [4.78, 5) is 31.7. The average Bonchev–Trinajstić information content (AvgIpc) is 3.16. The van der Waals surface area contributed by atoms with Crippen LogP contribution in [0.4, 0.5) is 0 Å². The first-order valence-corrected chi connectivity index (χ1v) is 10.4. The van der Waals surface area contributed by atoms with Gasteiger partial charge in [-0.1, -0.05) is 42.5 Å². The van der Waals surface area contributed by atoms with E-state index in [1.165, 1.54) is 0 Å². The molecule has 29 heavy (non-hydrogen) atoms. The number of morpholine rings is 1. The third kappa shape index (κ3) is 3.88. The molecule has 0 radical (unpaired) electrons. The predicted octanol–water partition coefficient (Wildman–Crippen LogP) is 2.51. The molecule has 4 rings (SSSR count). The minimum atomic E-state index is -0.811. The number of fused-ring (bicyclic) bond motifs is 1. The molecule has 0 saturated carbocycles. The summed E-state index contributed by atoms with van der Waals surface area (Å²) in [5.41, 5.74) is 6.46. The van der Waals surface area contributed by atoms with Crippen LogP contribution < -0.4 is 5.73 Å². The molecule has 1 aliphatic rings. The van der Waals surface area contributed by atoms with E-state index < -0.39 is 17.4 Å². The molecule has 7 heteroatoms. The molecule has 2 N–H and O–H groups in total. The summed E-state index contributed by atoms with van der Waals surface area (Å²) in [7, 11) is 0. The van der Waals surface area contributed by atoms with E-state index in [0.29, 0.717) is 19.6 Å². The molecule has 2 amide bonds. The number of carbonyl (C=O) groups excluding carboxylic acids is 2. The van der Waals surface area contributed by atoms with Crippen LogP contribution in [-0.2, 0) is 26.2 Å². The molecule has 1 fully saturated rings. The SMILES string of the molecule is C[C@@](Cc1nc2ccccc2s1)(C(=O)N1CCO[C@@H](C(N)=O)C1)c1ccccc1. The van der Waals surface area contributed by atoms with E-state index >= 15 is 0 Å². The number of hydrogen-bond donors (Lipinski definition) is 1. The van der Waals surface area contributed by atoms with Gasteiger partial charge in [0.15, 0.2) is 6.10 Å². The standard InChI is InChI=1S/C22H23N3O3S/c1-22(15-7-3-2-4-8-15,13-19-24-16-9-5-6-10-18(16)29-19)21(27)25-11-12-28-17(14-25)20(23)26/h2-10,17H,11-14H2,1H3,(H2,23,26)/t17-,22+/m1/s1. The van der Waals surface area contributed by atoms with Crippen molar-refractivity contribution in [2.24, 2.45) is 5.73 Å². The Morgan fingerprint density at radius 3 is 2.66 bits per heavy atom. The molecule has 150 valence electrons. The first-order chi connectivity index (χ1) is 14.0. The van der Waals surface area contributed by atoms with Gasteiger partial charge in [0.1, 0.15) is 0 Å². The van der Waals surface area contributed by atoms with E-state index in [1.54, 1.807) is 16.2 Å². The molecule has 2 heterocycles. The highest BCUT2D eigenvalue weighted by atomic mass is 32.1. The van der Waals surface area contributed by atoms with Crippen molar-refractivity contribution >= 4 is 33.4 Å². The molecule has 1 aromatic heterocycles. The molecule has 0 bridgehead atoms. The fourth-order valence-corrected chi connectivity index (χ4v) is 4.88. The molecule has 1 saturated heterocycles. The van der Waals surface area contributed by atoms with E-state index in [9.17, 15) is 9.59 Å². The lowest BCUT2D eigenvalue weighted by atomic mass is 9.78. The van der Waals surface area contributed by atoms with Crippen molar-refractivity contribution in [3.05, 3.63) is 65.2 Å². The number of thiazole rings is 1. The molecule has 0 spiro atoms. The van der Waals surface area contributed by atoms with Crippen LogP contribution in [0.3, 0.4) is 0 Å². The van der Waals surface area contributed by atoms with Crippen LogP contribution in [0.25, 0.3) is 10.2 Å². The van der Waals surface area contributed by atoms with Gasteiger partial charge in [-0.15, -0.1) is 11.3 Å². The number of para-hydroxylation sites is 1. The smallest absolute Gasteiger partial charge is 0.248 e. The van der Waals surface area contributed by atoms with Crippen molar-refractivity contribution in [1.29, 1.82) is 0 Å². The Hall–Kier alpha value is -2.77. The lowest BCUT2D eigenvalue weighted by molar-refractivity contribution is -0.149. The van der Waals surface area contributed by atoms with Gasteiger partial charge in [-0.2, -0.15) is 0 Å². The second kappa shape index (κ2) is 7.93. The zero-order valence-corrected chi connectivity index (χ0v) is 17.0. The van der Waals surface area contributed by atoms with Crippen LogP contribution in [0.1, 0.15) is 17.5 Å². The number of hydrogen-bond acceptors (Lipinski definition) is 5. The van der Waals surface area contributed by atoms with Crippen LogP contribution >= 0.6 is 11.3 Å². The van der Waals surface area contributed by atoms with Crippen molar-refractivity contribution in [2.75, 3.05) is 19.7 Å². The Morgan fingerprint density at radius 1 is 1.21 bits per heavy atom. The van der Waals surface area contributed by atoms with Gasteiger partial charge in [-0.3, -0.25) is 9.59 Å². The Kier molecular flexibility index (Phi) is 5.34. The van der Waals surface area contributed by atoms with E-state index in [2.05, 4.69) is 0 Å². The number of nitrogens with zero attached hydrogens (tertiary/aromatic N) is 2. The molecule has 0 aliphatic carbocycles. The monoisotopic (exact) mass is 409 g/mol. The van der Waals surface area contributed by atoms with E-state index in [0.717, 1.165) is 20.8 Å². The Labute approximate surface area is 173 Å². The maximum atomic E-state index is 13.7. The van der Waals surface area contributed by atoms with Gasteiger partial charge >= 0.3 is 0 Å². The highest BCUT2D eigenvalue weighted by Gasteiger charge is 2.41. The number of amides is 2. The van der Waals surface area contributed by atoms with Crippen molar-refractivity contribution in [2.45, 2.75) is 24.9 Å². The van der Waals surface area contributed by atoms with Gasteiger partial charge in [-0.05, 0) is 24.6 Å². The number of carbonyl (C=O) groups is 2. The molecular formula is C22H23N3O3S. The normalized spacial score (nSPS) is 19.1. The molecule has 6 nitrogen and oxygen atoms in total. The lowest BCUT2D eigenvalue weighted by Gasteiger charge is -2.38. The second-order valence-electron chi connectivity index (χ2n) is 7.46. The highest BCUT2D eigenvalue weighted by molar-refractivity contribution is 7.18. The highest BCUT2D eigenvalue weighted by Crippen LogP contribution is 2.34. The van der Waals surface area contributed by atoms with Gasteiger partial charge in [0.25, 0.3) is 0 Å². The summed E-state index contributed by atoms with van der Waals surface area (Å²) in [5, 5.41) is 0.908. The topological polar surface area (TPSA) is 85.5 Å². The number of primary amides is 1. The van der Waals surface area contributed by atoms with Gasteiger partial charge in [0, 0.05) is 13.0 Å². The van der Waals surface area contributed by atoms with Crippen LogP contribution in [0.2, 0.25) is 0 Å². The van der Waals surface area contributed by atoms with Gasteiger partial charge in [0.2, 0.25) is 11.8 Å². The summed E-state index contributed by atoms with van der Waals surface area (Å²) >= 11 is 1.61. The summed E-state index contributed by atoms with van der Waals surface area (Å²) in [6.07, 6.45) is -0.288. The third-order valence-electron chi connectivity index (χ3n) is 5.40. The van der Waals surface area contributed by atoms with E-state index in [-0.39, 0.29) is 12.5 Å². The molecule has 1 aliphatic heterocycles. The first-order valence-electron chi connectivity index (χ1n) is 9.57. The van der Waals surface area contributed by atoms with Gasteiger partial charge < -0.3 is 15.4 Å². The molecule has 0 unspecified atom stereocenters. The summed E-state index contributed by atoms with van der Waals surface area (Å²) in [5.74, 6) is -0.590. The van der Waals surface area contributed by atoms with Crippen molar-refractivity contribution in [1.82, 2.24) is 9.88 Å². The average molecular weight is 410 g/mol.